The molecule has 0 aliphatic rings. The van der Waals surface area contributed by atoms with E-state index >= 15 is 0 Å². The van der Waals surface area contributed by atoms with E-state index in [-0.39, 0.29) is 65.4 Å². The third kappa shape index (κ3) is 26.3. The maximum atomic E-state index is 5.06. The molecule has 17 heavy (non-hydrogen) atoms. The molecule has 3 nitrogen and oxygen atoms in total. The fourth-order valence-electron chi connectivity index (χ4n) is 0.534. The van der Waals surface area contributed by atoms with Gasteiger partial charge in [-0.2, -0.15) is 0 Å². The van der Waals surface area contributed by atoms with Crippen molar-refractivity contribution in [3.05, 3.63) is 35.9 Å². The fourth-order valence-corrected chi connectivity index (χ4v) is 0.534. The van der Waals surface area contributed by atoms with Crippen LogP contribution in [0.2, 0.25) is 0 Å². The summed E-state index contributed by atoms with van der Waals surface area (Å²) in [6.07, 6.45) is 0. The second-order valence-electron chi connectivity index (χ2n) is 4.05. The van der Waals surface area contributed by atoms with Gasteiger partial charge in [0, 0.05) is 5.54 Å². The molecule has 0 heterocycles. The molecule has 1 aromatic carbocycles. The molecule has 100 valence electrons. The topological polar surface area (TPSA) is 69.5 Å². The van der Waals surface area contributed by atoms with Crippen molar-refractivity contribution in [2.24, 2.45) is 5.84 Å². The first-order valence-electron chi connectivity index (χ1n) is 4.45. The van der Waals surface area contributed by atoms with Crippen molar-refractivity contribution >= 4 is 54.4 Å². The number of hydrogen-bond donors (Lipinski definition) is 2. The van der Waals surface area contributed by atoms with Gasteiger partial charge in [-0.25, -0.2) is 0 Å². The predicted molar refractivity (Wildman–Crippen MR) is 83.5 cm³/mol. The Morgan fingerprint density at radius 1 is 1.00 bits per heavy atom. The van der Waals surface area contributed by atoms with Crippen LogP contribution in [0.15, 0.2) is 30.3 Å². The second-order valence-corrected chi connectivity index (χ2v) is 4.05. The van der Waals surface area contributed by atoms with Crippen molar-refractivity contribution in [1.29, 1.82) is 0 Å². The Labute approximate surface area is 139 Å². The van der Waals surface area contributed by atoms with Crippen LogP contribution in [0.4, 0.5) is 0 Å². The van der Waals surface area contributed by atoms with Crippen LogP contribution in [-0.2, 0) is 0 Å². The molecular formula is C11H25Cl2N2NaO. The van der Waals surface area contributed by atoms with E-state index in [9.17, 15) is 0 Å². The summed E-state index contributed by atoms with van der Waals surface area (Å²) in [4.78, 5) is 0. The van der Waals surface area contributed by atoms with Crippen LogP contribution in [0.3, 0.4) is 0 Å². The van der Waals surface area contributed by atoms with Crippen LogP contribution in [-0.4, -0.2) is 40.6 Å². The summed E-state index contributed by atoms with van der Waals surface area (Å²) in [6.45, 7) is 8.10. The summed E-state index contributed by atoms with van der Waals surface area (Å²) in [5.74, 6) is 5.06. The molecular weight excluding hydrogens is 270 g/mol. The fraction of sp³-hybridized carbons (Fsp3) is 0.455. The van der Waals surface area contributed by atoms with Gasteiger partial charge in [0.25, 0.3) is 0 Å². The molecule has 1 aromatic rings. The van der Waals surface area contributed by atoms with Crippen molar-refractivity contribution in [2.45, 2.75) is 33.2 Å². The zero-order chi connectivity index (χ0) is 10.3. The summed E-state index contributed by atoms with van der Waals surface area (Å²) in [6, 6.07) is 10.3. The van der Waals surface area contributed by atoms with E-state index in [0.717, 1.165) is 0 Å². The number of benzene rings is 1. The van der Waals surface area contributed by atoms with Gasteiger partial charge in [-0.1, -0.05) is 35.9 Å². The molecule has 0 atom stereocenters. The molecule has 0 amide bonds. The zero-order valence-corrected chi connectivity index (χ0v) is 11.9. The summed E-state index contributed by atoms with van der Waals surface area (Å²) in [7, 11) is 0. The number of aryl methyl sites for hydroxylation is 1. The Morgan fingerprint density at radius 2 is 1.29 bits per heavy atom. The molecule has 0 bridgehead atoms. The van der Waals surface area contributed by atoms with Crippen LogP contribution >= 0.6 is 24.8 Å². The Morgan fingerprint density at radius 3 is 1.41 bits per heavy atom. The Hall–Kier alpha value is 0.680. The van der Waals surface area contributed by atoms with Crippen LogP contribution < -0.4 is 11.3 Å². The third-order valence-electron chi connectivity index (χ3n) is 1.37. The average Bonchev–Trinajstić information content (AvgIpc) is 2.06. The normalized spacial score (nSPS) is 7.82. The molecule has 6 heteroatoms. The van der Waals surface area contributed by atoms with E-state index in [1.807, 2.05) is 39.0 Å². The number of hydrazine groups is 1. The van der Waals surface area contributed by atoms with Gasteiger partial charge in [0.1, 0.15) is 0 Å². The van der Waals surface area contributed by atoms with Crippen LogP contribution in [0.1, 0.15) is 26.3 Å². The van der Waals surface area contributed by atoms with Gasteiger partial charge in [-0.05, 0) is 27.7 Å². The summed E-state index contributed by atoms with van der Waals surface area (Å²) in [5.41, 5.74) is 4.00. The van der Waals surface area contributed by atoms with Gasteiger partial charge in [0.05, 0.1) is 0 Å². The Kier molecular flexibility index (Phi) is 30.0. The number of hydrogen-bond acceptors (Lipinski definition) is 2. The summed E-state index contributed by atoms with van der Waals surface area (Å²) in [5, 5.41) is 0. The van der Waals surface area contributed by atoms with Gasteiger partial charge in [0.15, 0.2) is 0 Å². The molecule has 0 spiro atoms. The van der Waals surface area contributed by atoms with Crippen molar-refractivity contribution in [1.82, 2.24) is 5.43 Å². The van der Waals surface area contributed by atoms with Gasteiger partial charge in [-0.3, -0.25) is 11.3 Å². The van der Waals surface area contributed by atoms with Crippen LogP contribution in [0.25, 0.3) is 0 Å². The van der Waals surface area contributed by atoms with Gasteiger partial charge in [-0.15, -0.1) is 24.8 Å². The first kappa shape index (κ1) is 30.6. The van der Waals surface area contributed by atoms with E-state index in [4.69, 9.17) is 5.84 Å². The monoisotopic (exact) mass is 294 g/mol. The summed E-state index contributed by atoms with van der Waals surface area (Å²) < 4.78 is 0. The molecule has 1 rings (SSSR count). The minimum atomic E-state index is 0. The number of halogens is 2. The number of nitrogens with one attached hydrogen (secondary N) is 1. The van der Waals surface area contributed by atoms with Gasteiger partial charge >= 0.3 is 29.6 Å². The molecule has 5 N–H and O–H groups in total. The predicted octanol–water partition coefficient (Wildman–Crippen LogP) is 1.61. The van der Waals surface area contributed by atoms with Crippen LogP contribution in [0.5, 0.6) is 0 Å². The van der Waals surface area contributed by atoms with E-state index in [0.29, 0.717) is 0 Å². The van der Waals surface area contributed by atoms with Gasteiger partial charge < -0.3 is 5.48 Å². The second kappa shape index (κ2) is 16.7. The van der Waals surface area contributed by atoms with Crippen molar-refractivity contribution in [3.8, 4) is 0 Å². The van der Waals surface area contributed by atoms with E-state index in [1.165, 1.54) is 5.56 Å². The molecule has 0 radical (unpaired) electrons. The summed E-state index contributed by atoms with van der Waals surface area (Å²) >= 11 is 0. The van der Waals surface area contributed by atoms with Crippen molar-refractivity contribution < 1.29 is 5.48 Å². The number of nitrogens with two attached hydrogens (primary N) is 1. The van der Waals surface area contributed by atoms with E-state index in [2.05, 4.69) is 24.5 Å². The SMILES string of the molecule is CC(C)(C)NN.Cc1ccccc1.Cl.Cl.O.[NaH]. The number of rotatable bonds is 0. The van der Waals surface area contributed by atoms with Crippen molar-refractivity contribution in [2.75, 3.05) is 0 Å². The molecule has 0 saturated heterocycles. The van der Waals surface area contributed by atoms with E-state index in [1.54, 1.807) is 0 Å². The molecule has 0 aliphatic heterocycles. The molecule has 0 unspecified atom stereocenters. The van der Waals surface area contributed by atoms with Crippen molar-refractivity contribution in [3.63, 3.8) is 0 Å². The minimum absolute atomic E-state index is 0. The standard InChI is InChI=1S/C7H8.C4H12N2.2ClH.Na.H2O.H/c1-7-5-3-2-4-6-7;1-4(2,3)6-5;;;;;/h2-6H,1H3;6H,5H2,1-3H3;2*1H;;1H2;. The quantitative estimate of drug-likeness (QED) is 0.434. The van der Waals surface area contributed by atoms with Gasteiger partial charge in [0.2, 0.25) is 0 Å². The average molecular weight is 295 g/mol. The molecule has 0 aliphatic carbocycles. The Balaban J connectivity index is -0.0000000462. The molecule has 0 aromatic heterocycles. The maximum absolute atomic E-state index is 5.06. The zero-order valence-electron chi connectivity index (χ0n) is 10.3. The first-order chi connectivity index (χ1) is 5.95. The Bertz CT molecular complexity index is 231. The third-order valence-corrected chi connectivity index (χ3v) is 1.37. The van der Waals surface area contributed by atoms with Crippen LogP contribution in [0, 0.1) is 6.92 Å². The van der Waals surface area contributed by atoms with E-state index < -0.39 is 0 Å². The molecule has 0 fully saturated rings. The molecule has 0 saturated carbocycles. The first-order valence-corrected chi connectivity index (χ1v) is 4.45.